The van der Waals surface area contributed by atoms with Gasteiger partial charge in [0, 0.05) is 6.54 Å². The van der Waals surface area contributed by atoms with E-state index in [-0.39, 0.29) is 23.3 Å². The molecule has 0 bridgehead atoms. The lowest BCUT2D eigenvalue weighted by Gasteiger charge is -2.25. The van der Waals surface area contributed by atoms with Gasteiger partial charge in [0.25, 0.3) is 5.91 Å². The molecule has 2 aromatic rings. The number of likely N-dealkylation sites (tertiary alicyclic amines) is 1. The highest BCUT2D eigenvalue weighted by molar-refractivity contribution is 7.15. The Morgan fingerprint density at radius 3 is 2.88 bits per heavy atom. The molecule has 2 aliphatic rings. The SMILES string of the molecule is Cc1nc(C(=O)N2CC3CCCC3C2C(N)=O)c(-c2cccc(F)c2)s1. The molecule has 7 heteroatoms. The van der Waals surface area contributed by atoms with Gasteiger partial charge in [0.15, 0.2) is 0 Å². The number of rotatable bonds is 3. The molecule has 4 rings (SSSR count). The van der Waals surface area contributed by atoms with E-state index in [0.29, 0.717) is 22.9 Å². The van der Waals surface area contributed by atoms with Crippen LogP contribution in [0.4, 0.5) is 4.39 Å². The fraction of sp³-hybridized carbons (Fsp3) is 0.421. The van der Waals surface area contributed by atoms with E-state index in [1.54, 1.807) is 17.0 Å². The van der Waals surface area contributed by atoms with Crippen LogP contribution in [-0.2, 0) is 4.79 Å². The Kier molecular flexibility index (Phi) is 4.26. The van der Waals surface area contributed by atoms with Crippen molar-refractivity contribution >= 4 is 23.2 Å². The Bertz CT molecular complexity index is 881. The van der Waals surface area contributed by atoms with E-state index in [9.17, 15) is 14.0 Å². The third-order valence-corrected chi connectivity index (χ3v) is 6.49. The maximum atomic E-state index is 13.6. The van der Waals surface area contributed by atoms with Crippen molar-refractivity contribution in [3.05, 3.63) is 40.8 Å². The van der Waals surface area contributed by atoms with Gasteiger partial charge in [-0.05, 0) is 49.3 Å². The molecule has 2 amide bonds. The number of carbonyl (C=O) groups excluding carboxylic acids is 2. The summed E-state index contributed by atoms with van der Waals surface area (Å²) in [6, 6.07) is 5.56. The molecular formula is C19H20FN3O2S. The minimum absolute atomic E-state index is 0.147. The molecule has 5 nitrogen and oxygen atoms in total. The van der Waals surface area contributed by atoms with Gasteiger partial charge in [-0.15, -0.1) is 11.3 Å². The topological polar surface area (TPSA) is 76.3 Å². The zero-order valence-corrected chi connectivity index (χ0v) is 15.3. The zero-order chi connectivity index (χ0) is 18.4. The van der Waals surface area contributed by atoms with E-state index in [0.717, 1.165) is 24.3 Å². The first kappa shape index (κ1) is 17.1. The van der Waals surface area contributed by atoms with Crippen molar-refractivity contribution < 1.29 is 14.0 Å². The second-order valence-electron chi connectivity index (χ2n) is 7.08. The third-order valence-electron chi connectivity index (χ3n) is 5.47. The molecule has 1 aromatic heterocycles. The summed E-state index contributed by atoms with van der Waals surface area (Å²) in [6.45, 7) is 2.35. The van der Waals surface area contributed by atoms with Gasteiger partial charge >= 0.3 is 0 Å². The molecule has 0 spiro atoms. The summed E-state index contributed by atoms with van der Waals surface area (Å²) in [5.74, 6) is -0.626. The lowest BCUT2D eigenvalue weighted by molar-refractivity contribution is -0.122. The Morgan fingerprint density at radius 2 is 2.15 bits per heavy atom. The predicted molar refractivity (Wildman–Crippen MR) is 97.1 cm³/mol. The Morgan fingerprint density at radius 1 is 1.35 bits per heavy atom. The average molecular weight is 373 g/mol. The molecule has 3 atom stereocenters. The molecule has 1 aliphatic heterocycles. The summed E-state index contributed by atoms with van der Waals surface area (Å²) >= 11 is 1.35. The van der Waals surface area contributed by atoms with E-state index in [4.69, 9.17) is 5.73 Å². The second-order valence-corrected chi connectivity index (χ2v) is 8.28. The molecule has 2 fully saturated rings. The minimum Gasteiger partial charge on any atom is -0.368 e. The predicted octanol–water partition coefficient (Wildman–Crippen LogP) is 2.98. The van der Waals surface area contributed by atoms with Gasteiger partial charge in [-0.25, -0.2) is 9.37 Å². The largest absolute Gasteiger partial charge is 0.368 e. The molecular weight excluding hydrogens is 353 g/mol. The van der Waals surface area contributed by atoms with Crippen LogP contribution in [0.3, 0.4) is 0 Å². The highest BCUT2D eigenvalue weighted by Crippen LogP contribution is 2.43. The van der Waals surface area contributed by atoms with Crippen LogP contribution in [0.1, 0.15) is 34.8 Å². The van der Waals surface area contributed by atoms with Gasteiger partial charge in [-0.1, -0.05) is 18.6 Å². The van der Waals surface area contributed by atoms with Crippen LogP contribution in [0.2, 0.25) is 0 Å². The zero-order valence-electron chi connectivity index (χ0n) is 14.4. The number of aromatic nitrogens is 1. The number of benzene rings is 1. The van der Waals surface area contributed by atoms with Crippen LogP contribution in [0.15, 0.2) is 24.3 Å². The molecule has 2 N–H and O–H groups in total. The number of amides is 2. The fourth-order valence-corrected chi connectivity index (χ4v) is 5.32. The van der Waals surface area contributed by atoms with Gasteiger partial charge in [0.2, 0.25) is 5.91 Å². The van der Waals surface area contributed by atoms with Gasteiger partial charge in [0.05, 0.1) is 9.88 Å². The Labute approximate surface area is 155 Å². The lowest BCUT2D eigenvalue weighted by Crippen LogP contribution is -2.46. The summed E-state index contributed by atoms with van der Waals surface area (Å²) in [4.78, 5) is 31.9. The standard InChI is InChI=1S/C19H20FN3O2S/c1-10-22-15(17(26-10)11-4-2-6-13(20)8-11)19(25)23-9-12-5-3-7-14(12)16(23)18(21)24/h2,4,6,8,12,14,16H,3,5,7,9H2,1H3,(H2,21,24). The average Bonchev–Trinajstić information content (AvgIpc) is 3.27. The minimum atomic E-state index is -0.572. The summed E-state index contributed by atoms with van der Waals surface area (Å²) in [6.07, 6.45) is 3.02. The number of carbonyl (C=O) groups is 2. The van der Waals surface area contributed by atoms with E-state index in [1.165, 1.54) is 23.5 Å². The van der Waals surface area contributed by atoms with E-state index in [1.807, 2.05) is 6.92 Å². The molecule has 1 aliphatic carbocycles. The Balaban J connectivity index is 1.72. The molecule has 1 saturated carbocycles. The van der Waals surface area contributed by atoms with Gasteiger partial charge in [-0.2, -0.15) is 0 Å². The first-order chi connectivity index (χ1) is 12.5. The van der Waals surface area contributed by atoms with E-state index >= 15 is 0 Å². The third kappa shape index (κ3) is 2.80. The van der Waals surface area contributed by atoms with Crippen LogP contribution in [-0.4, -0.2) is 34.3 Å². The van der Waals surface area contributed by atoms with E-state index < -0.39 is 11.9 Å². The maximum Gasteiger partial charge on any atom is 0.274 e. The fourth-order valence-electron chi connectivity index (χ4n) is 4.41. The molecule has 1 saturated heterocycles. The van der Waals surface area contributed by atoms with Crippen LogP contribution in [0, 0.1) is 24.6 Å². The summed E-state index contributed by atoms with van der Waals surface area (Å²) in [5.41, 5.74) is 6.54. The smallest absolute Gasteiger partial charge is 0.274 e. The summed E-state index contributed by atoms with van der Waals surface area (Å²) < 4.78 is 13.6. The monoisotopic (exact) mass is 373 g/mol. The number of halogens is 1. The number of fused-ring (bicyclic) bond motifs is 1. The van der Waals surface area contributed by atoms with Crippen molar-refractivity contribution in [2.45, 2.75) is 32.2 Å². The van der Waals surface area contributed by atoms with Crippen molar-refractivity contribution in [3.8, 4) is 10.4 Å². The van der Waals surface area contributed by atoms with Gasteiger partial charge < -0.3 is 10.6 Å². The lowest BCUT2D eigenvalue weighted by atomic mass is 9.93. The molecule has 136 valence electrons. The number of nitrogens with zero attached hydrogens (tertiary/aromatic N) is 2. The molecule has 0 radical (unpaired) electrons. The molecule has 26 heavy (non-hydrogen) atoms. The van der Waals surface area contributed by atoms with Gasteiger partial charge in [-0.3, -0.25) is 9.59 Å². The molecule has 3 unspecified atom stereocenters. The Hall–Kier alpha value is -2.28. The molecule has 2 heterocycles. The maximum absolute atomic E-state index is 13.6. The van der Waals surface area contributed by atoms with Crippen molar-refractivity contribution in [2.75, 3.05) is 6.54 Å². The summed E-state index contributed by atoms with van der Waals surface area (Å²) in [5, 5.41) is 0.725. The quantitative estimate of drug-likeness (QED) is 0.899. The van der Waals surface area contributed by atoms with Crippen molar-refractivity contribution in [2.24, 2.45) is 17.6 Å². The number of nitrogens with two attached hydrogens (primary N) is 1. The highest BCUT2D eigenvalue weighted by Gasteiger charge is 2.49. The number of hydrogen-bond donors (Lipinski definition) is 1. The first-order valence-corrected chi connectivity index (χ1v) is 9.61. The van der Waals surface area contributed by atoms with Gasteiger partial charge in [0.1, 0.15) is 17.6 Å². The van der Waals surface area contributed by atoms with Crippen LogP contribution in [0.25, 0.3) is 10.4 Å². The highest BCUT2D eigenvalue weighted by atomic mass is 32.1. The molecule has 1 aromatic carbocycles. The summed E-state index contributed by atoms with van der Waals surface area (Å²) in [7, 11) is 0. The number of hydrogen-bond acceptors (Lipinski definition) is 4. The van der Waals surface area contributed by atoms with Crippen molar-refractivity contribution in [1.29, 1.82) is 0 Å². The van der Waals surface area contributed by atoms with Crippen LogP contribution < -0.4 is 5.73 Å². The normalized spacial score (nSPS) is 24.7. The number of thiazole rings is 1. The van der Waals surface area contributed by atoms with Crippen molar-refractivity contribution in [3.63, 3.8) is 0 Å². The first-order valence-electron chi connectivity index (χ1n) is 8.79. The van der Waals surface area contributed by atoms with E-state index in [2.05, 4.69) is 4.98 Å². The van der Waals surface area contributed by atoms with Crippen molar-refractivity contribution in [1.82, 2.24) is 9.88 Å². The number of aryl methyl sites for hydroxylation is 1. The number of primary amides is 1. The second kappa shape index (κ2) is 6.46. The van der Waals surface area contributed by atoms with Crippen LogP contribution in [0.5, 0.6) is 0 Å². The van der Waals surface area contributed by atoms with Crippen LogP contribution >= 0.6 is 11.3 Å².